The summed E-state index contributed by atoms with van der Waals surface area (Å²) < 4.78 is 0. The third kappa shape index (κ3) is 4.58. The molecule has 0 saturated carbocycles. The van der Waals surface area contributed by atoms with Gasteiger partial charge in [-0.15, -0.1) is 0 Å². The highest BCUT2D eigenvalue weighted by Gasteiger charge is 2.21. The van der Waals surface area contributed by atoms with Crippen LogP contribution in [0.1, 0.15) is 27.9 Å². The standard InChI is InChI=1S/C22H21N3O2/c1-16-8-10-17(11-9-16)15-25(20-7-3-2-6-19(20)23)22(27)13-21(26)18-5-4-12-24-14-18/h2-12,14H,13,15,23H2,1H3. The van der Waals surface area contributed by atoms with Crippen LogP contribution >= 0.6 is 0 Å². The lowest BCUT2D eigenvalue weighted by molar-refractivity contribution is -0.117. The molecule has 2 N–H and O–H groups in total. The Kier molecular flexibility index (Phi) is 5.61. The first-order valence-electron chi connectivity index (χ1n) is 8.68. The van der Waals surface area contributed by atoms with Crippen molar-refractivity contribution in [2.75, 3.05) is 10.6 Å². The zero-order valence-corrected chi connectivity index (χ0v) is 15.1. The molecule has 0 aliphatic carbocycles. The van der Waals surface area contributed by atoms with E-state index in [9.17, 15) is 9.59 Å². The van der Waals surface area contributed by atoms with Crippen LogP contribution in [0, 0.1) is 6.92 Å². The smallest absolute Gasteiger partial charge is 0.235 e. The molecule has 0 aliphatic heterocycles. The van der Waals surface area contributed by atoms with Gasteiger partial charge in [0, 0.05) is 18.0 Å². The fourth-order valence-electron chi connectivity index (χ4n) is 2.78. The van der Waals surface area contributed by atoms with Gasteiger partial charge in [-0.05, 0) is 36.8 Å². The fourth-order valence-corrected chi connectivity index (χ4v) is 2.78. The van der Waals surface area contributed by atoms with Crippen LogP contribution < -0.4 is 10.6 Å². The largest absolute Gasteiger partial charge is 0.397 e. The number of rotatable bonds is 6. The van der Waals surface area contributed by atoms with Crippen molar-refractivity contribution < 1.29 is 9.59 Å². The Bertz CT molecular complexity index is 937. The minimum Gasteiger partial charge on any atom is -0.397 e. The summed E-state index contributed by atoms with van der Waals surface area (Å²) in [6.45, 7) is 2.35. The van der Waals surface area contributed by atoms with Gasteiger partial charge in [0.1, 0.15) is 0 Å². The van der Waals surface area contributed by atoms with Crippen molar-refractivity contribution in [2.45, 2.75) is 19.9 Å². The molecule has 5 heteroatoms. The summed E-state index contributed by atoms with van der Waals surface area (Å²) in [5.74, 6) is -0.571. The van der Waals surface area contributed by atoms with Crippen LogP contribution in [0.25, 0.3) is 0 Å². The minimum atomic E-state index is -0.303. The van der Waals surface area contributed by atoms with Crippen molar-refractivity contribution in [3.8, 4) is 0 Å². The number of ketones is 1. The average molecular weight is 359 g/mol. The van der Waals surface area contributed by atoms with Crippen molar-refractivity contribution in [1.82, 2.24) is 4.98 Å². The second kappa shape index (κ2) is 8.27. The lowest BCUT2D eigenvalue weighted by atomic mass is 10.1. The summed E-state index contributed by atoms with van der Waals surface area (Å²) in [4.78, 5) is 30.9. The molecule has 0 unspecified atom stereocenters. The molecule has 0 aliphatic rings. The first kappa shape index (κ1) is 18.3. The molecule has 0 atom stereocenters. The lowest BCUT2D eigenvalue weighted by Gasteiger charge is -2.24. The second-order valence-corrected chi connectivity index (χ2v) is 6.37. The number of para-hydroxylation sites is 2. The number of nitrogen functional groups attached to an aromatic ring is 1. The van der Waals surface area contributed by atoms with E-state index in [0.717, 1.165) is 11.1 Å². The third-order valence-electron chi connectivity index (χ3n) is 4.29. The van der Waals surface area contributed by atoms with Crippen molar-refractivity contribution >= 4 is 23.1 Å². The normalized spacial score (nSPS) is 10.4. The lowest BCUT2D eigenvalue weighted by Crippen LogP contribution is -2.32. The molecule has 1 heterocycles. The molecule has 5 nitrogen and oxygen atoms in total. The van der Waals surface area contributed by atoms with Gasteiger partial charge >= 0.3 is 0 Å². The number of amides is 1. The van der Waals surface area contributed by atoms with E-state index < -0.39 is 0 Å². The van der Waals surface area contributed by atoms with Gasteiger partial charge in [0.15, 0.2) is 5.78 Å². The van der Waals surface area contributed by atoms with E-state index in [-0.39, 0.29) is 18.1 Å². The maximum Gasteiger partial charge on any atom is 0.235 e. The Hall–Kier alpha value is -3.47. The van der Waals surface area contributed by atoms with Gasteiger partial charge in [-0.25, -0.2) is 0 Å². The van der Waals surface area contributed by atoms with E-state index in [1.54, 1.807) is 35.4 Å². The first-order valence-corrected chi connectivity index (χ1v) is 8.68. The van der Waals surface area contributed by atoms with Crippen LogP contribution in [0.5, 0.6) is 0 Å². The molecule has 1 aromatic heterocycles. The molecular formula is C22H21N3O2. The van der Waals surface area contributed by atoms with E-state index in [0.29, 0.717) is 23.5 Å². The molecule has 3 rings (SSSR count). The molecule has 136 valence electrons. The van der Waals surface area contributed by atoms with Gasteiger partial charge in [-0.1, -0.05) is 42.0 Å². The van der Waals surface area contributed by atoms with Gasteiger partial charge in [0.2, 0.25) is 5.91 Å². The highest BCUT2D eigenvalue weighted by molar-refractivity contribution is 6.12. The first-order chi connectivity index (χ1) is 13.0. The zero-order valence-electron chi connectivity index (χ0n) is 15.1. The number of Topliss-reactive ketones (excluding diaryl/α,β-unsaturated/α-hetero) is 1. The number of aryl methyl sites for hydroxylation is 1. The number of carbonyl (C=O) groups excluding carboxylic acids is 2. The maximum absolute atomic E-state index is 13.0. The van der Waals surface area contributed by atoms with E-state index in [2.05, 4.69) is 4.98 Å². The van der Waals surface area contributed by atoms with Crippen molar-refractivity contribution in [2.24, 2.45) is 0 Å². The number of benzene rings is 2. The number of hydrogen-bond donors (Lipinski definition) is 1. The topological polar surface area (TPSA) is 76.3 Å². The average Bonchev–Trinajstić information content (AvgIpc) is 2.69. The van der Waals surface area contributed by atoms with Crippen molar-refractivity contribution in [3.05, 3.63) is 89.7 Å². The second-order valence-electron chi connectivity index (χ2n) is 6.37. The van der Waals surface area contributed by atoms with Crippen LogP contribution in [-0.2, 0) is 11.3 Å². The molecule has 0 fully saturated rings. The van der Waals surface area contributed by atoms with E-state index >= 15 is 0 Å². The number of aromatic nitrogens is 1. The van der Waals surface area contributed by atoms with E-state index in [1.165, 1.54) is 6.20 Å². The molecular weight excluding hydrogens is 338 g/mol. The number of nitrogens with zero attached hydrogens (tertiary/aromatic N) is 2. The Morgan fingerprint density at radius 1 is 1.00 bits per heavy atom. The minimum absolute atomic E-state index is 0.244. The Labute approximate surface area is 158 Å². The van der Waals surface area contributed by atoms with Gasteiger partial charge in [-0.3, -0.25) is 14.6 Å². The Balaban J connectivity index is 1.87. The van der Waals surface area contributed by atoms with Crippen LogP contribution in [0.4, 0.5) is 11.4 Å². The highest BCUT2D eigenvalue weighted by Crippen LogP contribution is 2.25. The summed E-state index contributed by atoms with van der Waals surface area (Å²) >= 11 is 0. The molecule has 27 heavy (non-hydrogen) atoms. The SMILES string of the molecule is Cc1ccc(CN(C(=O)CC(=O)c2cccnc2)c2ccccc2N)cc1. The number of pyridine rings is 1. The van der Waals surface area contributed by atoms with Crippen LogP contribution in [0.3, 0.4) is 0 Å². The third-order valence-corrected chi connectivity index (χ3v) is 4.29. The summed E-state index contributed by atoms with van der Waals surface area (Å²) in [5, 5.41) is 0. The van der Waals surface area contributed by atoms with Crippen LogP contribution in [0.15, 0.2) is 73.1 Å². The summed E-state index contributed by atoms with van der Waals surface area (Å²) in [6, 6.07) is 18.4. The Morgan fingerprint density at radius 2 is 1.74 bits per heavy atom. The number of nitrogens with two attached hydrogens (primary N) is 1. The molecule has 0 bridgehead atoms. The predicted molar refractivity (Wildman–Crippen MR) is 106 cm³/mol. The van der Waals surface area contributed by atoms with Gasteiger partial charge in [-0.2, -0.15) is 0 Å². The van der Waals surface area contributed by atoms with Crippen LogP contribution in [0.2, 0.25) is 0 Å². The quantitative estimate of drug-likeness (QED) is 0.413. The summed E-state index contributed by atoms with van der Waals surface area (Å²) in [7, 11) is 0. The number of anilines is 2. The molecule has 0 saturated heterocycles. The van der Waals surface area contributed by atoms with E-state index in [1.807, 2.05) is 43.3 Å². The fraction of sp³-hybridized carbons (Fsp3) is 0.136. The number of carbonyl (C=O) groups is 2. The molecule has 0 radical (unpaired) electrons. The zero-order chi connectivity index (χ0) is 19.2. The molecule has 1 amide bonds. The van der Waals surface area contributed by atoms with Gasteiger partial charge < -0.3 is 10.6 Å². The van der Waals surface area contributed by atoms with E-state index in [4.69, 9.17) is 5.73 Å². The molecule has 3 aromatic rings. The van der Waals surface area contributed by atoms with Crippen LogP contribution in [-0.4, -0.2) is 16.7 Å². The monoisotopic (exact) mass is 359 g/mol. The predicted octanol–water partition coefficient (Wildman–Crippen LogP) is 3.78. The highest BCUT2D eigenvalue weighted by atomic mass is 16.2. The summed E-state index contributed by atoms with van der Waals surface area (Å²) in [6.07, 6.45) is 2.82. The van der Waals surface area contributed by atoms with Gasteiger partial charge in [0.25, 0.3) is 0 Å². The summed E-state index contributed by atoms with van der Waals surface area (Å²) in [5.41, 5.74) is 9.71. The Morgan fingerprint density at radius 3 is 2.41 bits per heavy atom. The van der Waals surface area contributed by atoms with Gasteiger partial charge in [0.05, 0.1) is 24.3 Å². The van der Waals surface area contributed by atoms with Crippen molar-refractivity contribution in [3.63, 3.8) is 0 Å². The maximum atomic E-state index is 13.0. The molecule has 2 aromatic carbocycles. The number of hydrogen-bond acceptors (Lipinski definition) is 4. The van der Waals surface area contributed by atoms with Crippen molar-refractivity contribution in [1.29, 1.82) is 0 Å². The molecule has 0 spiro atoms.